The summed E-state index contributed by atoms with van der Waals surface area (Å²) in [6, 6.07) is 9.49. The van der Waals surface area contributed by atoms with Gasteiger partial charge in [-0.1, -0.05) is 36.4 Å². The van der Waals surface area contributed by atoms with Crippen LogP contribution >= 0.6 is 0 Å². The molecule has 2 aliphatic rings. The van der Waals surface area contributed by atoms with Crippen molar-refractivity contribution in [3.05, 3.63) is 58.7 Å². The third kappa shape index (κ3) is 1.53. The second-order valence-electron chi connectivity index (χ2n) is 5.33. The molecular formula is C18H16. The summed E-state index contributed by atoms with van der Waals surface area (Å²) in [4.78, 5) is 0. The summed E-state index contributed by atoms with van der Waals surface area (Å²) in [7, 11) is 0. The van der Waals surface area contributed by atoms with Gasteiger partial charge in [-0.3, -0.25) is 0 Å². The number of fused-ring (bicyclic) bond motifs is 3. The summed E-state index contributed by atoms with van der Waals surface area (Å²) in [5.74, 6) is 0. The molecule has 0 amide bonds. The van der Waals surface area contributed by atoms with Crippen molar-refractivity contribution < 1.29 is 0 Å². The minimum absolute atomic E-state index is 1.18. The topological polar surface area (TPSA) is 0 Å². The van der Waals surface area contributed by atoms with Crippen LogP contribution in [0.5, 0.6) is 0 Å². The Balaban J connectivity index is 2.00. The molecule has 2 aromatic rings. The zero-order chi connectivity index (χ0) is 11.9. The van der Waals surface area contributed by atoms with Gasteiger partial charge in [0.15, 0.2) is 0 Å². The maximum absolute atomic E-state index is 2.39. The van der Waals surface area contributed by atoms with Crippen molar-refractivity contribution in [1.29, 1.82) is 0 Å². The zero-order valence-electron chi connectivity index (χ0n) is 10.4. The van der Waals surface area contributed by atoms with Gasteiger partial charge < -0.3 is 0 Å². The molecule has 0 saturated heterocycles. The van der Waals surface area contributed by atoms with Crippen LogP contribution in [-0.4, -0.2) is 0 Å². The Labute approximate surface area is 108 Å². The molecule has 0 saturated carbocycles. The highest BCUT2D eigenvalue weighted by atomic mass is 14.1. The summed E-state index contributed by atoms with van der Waals surface area (Å²) >= 11 is 0. The van der Waals surface area contributed by atoms with Crippen molar-refractivity contribution in [1.82, 2.24) is 0 Å². The number of hydrogen-bond donors (Lipinski definition) is 0. The average molecular weight is 232 g/mol. The molecule has 0 spiro atoms. The lowest BCUT2D eigenvalue weighted by Gasteiger charge is -2.15. The van der Waals surface area contributed by atoms with Gasteiger partial charge in [0, 0.05) is 0 Å². The summed E-state index contributed by atoms with van der Waals surface area (Å²) in [6.45, 7) is 0. The first-order valence-electron chi connectivity index (χ1n) is 6.83. The van der Waals surface area contributed by atoms with Gasteiger partial charge >= 0.3 is 0 Å². The van der Waals surface area contributed by atoms with Crippen LogP contribution < -0.4 is 0 Å². The molecule has 2 aromatic carbocycles. The molecule has 0 radical (unpaired) electrons. The first-order chi connectivity index (χ1) is 8.90. The third-order valence-electron chi connectivity index (χ3n) is 4.11. The second kappa shape index (κ2) is 3.84. The van der Waals surface area contributed by atoms with E-state index >= 15 is 0 Å². The Morgan fingerprint density at radius 2 is 1.11 bits per heavy atom. The van der Waals surface area contributed by atoms with E-state index in [0.29, 0.717) is 0 Å². The van der Waals surface area contributed by atoms with E-state index in [-0.39, 0.29) is 0 Å². The standard InChI is InChI=1S/C18H16/c1-2-6-14-10-18-12-16-8-4-3-7-15(16)11-17(18)9-13(14)5-1/h1,4-5,8-12H,2-3,6-7H2. The fraction of sp³-hybridized carbons (Fsp3) is 0.222. The molecule has 88 valence electrons. The lowest BCUT2D eigenvalue weighted by Crippen LogP contribution is -1.97. The van der Waals surface area contributed by atoms with Gasteiger partial charge in [-0.2, -0.15) is 0 Å². The number of rotatable bonds is 0. The van der Waals surface area contributed by atoms with Crippen molar-refractivity contribution >= 4 is 22.9 Å². The number of hydrogen-bond acceptors (Lipinski definition) is 0. The minimum atomic E-state index is 1.18. The second-order valence-corrected chi connectivity index (χ2v) is 5.33. The fourth-order valence-corrected chi connectivity index (χ4v) is 3.12. The Morgan fingerprint density at radius 1 is 0.611 bits per heavy atom. The normalized spacial score (nSPS) is 16.7. The van der Waals surface area contributed by atoms with Gasteiger partial charge in [0.2, 0.25) is 0 Å². The van der Waals surface area contributed by atoms with Crippen molar-refractivity contribution in [3.8, 4) is 0 Å². The fourth-order valence-electron chi connectivity index (χ4n) is 3.12. The third-order valence-corrected chi connectivity index (χ3v) is 4.11. The minimum Gasteiger partial charge on any atom is -0.0836 e. The molecule has 0 fully saturated rings. The Kier molecular flexibility index (Phi) is 2.16. The first-order valence-corrected chi connectivity index (χ1v) is 6.83. The zero-order valence-corrected chi connectivity index (χ0v) is 10.4. The van der Waals surface area contributed by atoms with Crippen LogP contribution in [-0.2, 0) is 12.8 Å². The Bertz CT molecular complexity index is 625. The monoisotopic (exact) mass is 232 g/mol. The van der Waals surface area contributed by atoms with E-state index < -0.39 is 0 Å². The van der Waals surface area contributed by atoms with Gasteiger partial charge in [0.1, 0.15) is 0 Å². The SMILES string of the molecule is C1=Cc2cc3cc4c(cc3cc2CC1)C=CCC4. The molecule has 0 heteroatoms. The first kappa shape index (κ1) is 10.1. The average Bonchev–Trinajstić information content (AvgIpc) is 2.42. The van der Waals surface area contributed by atoms with Crippen LogP contribution in [0.2, 0.25) is 0 Å². The van der Waals surface area contributed by atoms with Crippen LogP contribution in [0.25, 0.3) is 22.9 Å². The molecule has 0 heterocycles. The van der Waals surface area contributed by atoms with Crippen LogP contribution in [0.15, 0.2) is 36.4 Å². The van der Waals surface area contributed by atoms with Crippen molar-refractivity contribution in [2.75, 3.05) is 0 Å². The lowest BCUT2D eigenvalue weighted by atomic mass is 9.89. The maximum atomic E-state index is 2.39. The van der Waals surface area contributed by atoms with Gasteiger partial charge in [0.25, 0.3) is 0 Å². The molecular weight excluding hydrogens is 216 g/mol. The van der Waals surface area contributed by atoms with Crippen LogP contribution in [0.4, 0.5) is 0 Å². The highest BCUT2D eigenvalue weighted by molar-refractivity contribution is 5.89. The summed E-state index contributed by atoms with van der Waals surface area (Å²) in [6.07, 6.45) is 13.9. The van der Waals surface area contributed by atoms with E-state index in [1.54, 1.807) is 0 Å². The van der Waals surface area contributed by atoms with E-state index in [1.165, 1.54) is 58.7 Å². The smallest absolute Gasteiger partial charge is 0.0175 e. The molecule has 0 N–H and O–H groups in total. The Morgan fingerprint density at radius 3 is 1.61 bits per heavy atom. The van der Waals surface area contributed by atoms with Gasteiger partial charge in [-0.05, 0) is 70.8 Å². The van der Waals surface area contributed by atoms with Crippen LogP contribution in [0.1, 0.15) is 35.1 Å². The predicted octanol–water partition coefficient (Wildman–Crippen LogP) is 4.76. The van der Waals surface area contributed by atoms with E-state index in [2.05, 4.69) is 48.6 Å². The highest BCUT2D eigenvalue weighted by Gasteiger charge is 2.10. The molecule has 0 aliphatic heterocycles. The van der Waals surface area contributed by atoms with E-state index in [9.17, 15) is 0 Å². The van der Waals surface area contributed by atoms with Gasteiger partial charge in [-0.15, -0.1) is 0 Å². The van der Waals surface area contributed by atoms with Gasteiger partial charge in [-0.25, -0.2) is 0 Å². The highest BCUT2D eigenvalue weighted by Crippen LogP contribution is 2.30. The Hall–Kier alpha value is -1.82. The largest absolute Gasteiger partial charge is 0.0836 e. The van der Waals surface area contributed by atoms with Gasteiger partial charge in [0.05, 0.1) is 0 Å². The lowest BCUT2D eigenvalue weighted by molar-refractivity contribution is 0.984. The quantitative estimate of drug-likeness (QED) is 0.614. The van der Waals surface area contributed by atoms with E-state index in [4.69, 9.17) is 0 Å². The number of allylic oxidation sites excluding steroid dienone is 2. The molecule has 0 bridgehead atoms. The van der Waals surface area contributed by atoms with Crippen LogP contribution in [0.3, 0.4) is 0 Å². The molecule has 2 aliphatic carbocycles. The molecule has 0 unspecified atom stereocenters. The summed E-state index contributed by atoms with van der Waals surface area (Å²) in [5, 5.41) is 2.80. The summed E-state index contributed by atoms with van der Waals surface area (Å²) < 4.78 is 0. The number of benzene rings is 2. The van der Waals surface area contributed by atoms with Crippen molar-refractivity contribution in [3.63, 3.8) is 0 Å². The molecule has 4 rings (SSSR count). The van der Waals surface area contributed by atoms with E-state index in [0.717, 1.165) is 0 Å². The predicted molar refractivity (Wildman–Crippen MR) is 78.7 cm³/mol. The molecule has 18 heavy (non-hydrogen) atoms. The van der Waals surface area contributed by atoms with Crippen molar-refractivity contribution in [2.24, 2.45) is 0 Å². The molecule has 0 nitrogen and oxygen atoms in total. The summed E-state index contributed by atoms with van der Waals surface area (Å²) in [5.41, 5.74) is 5.84. The molecule has 0 atom stereocenters. The maximum Gasteiger partial charge on any atom is -0.0175 e. The number of aryl methyl sites for hydroxylation is 2. The van der Waals surface area contributed by atoms with Crippen LogP contribution in [0, 0.1) is 0 Å². The van der Waals surface area contributed by atoms with Crippen molar-refractivity contribution in [2.45, 2.75) is 25.7 Å². The van der Waals surface area contributed by atoms with E-state index in [1.807, 2.05) is 0 Å². The molecule has 0 aromatic heterocycles.